The lowest BCUT2D eigenvalue weighted by molar-refractivity contribution is -0.122. The molecule has 0 aliphatic carbocycles. The average molecular weight is 320 g/mol. The van der Waals surface area contributed by atoms with E-state index in [9.17, 15) is 4.79 Å². The Bertz CT molecular complexity index is 673. The summed E-state index contributed by atoms with van der Waals surface area (Å²) in [4.78, 5) is 12.2. The molecule has 1 N–H and O–H groups in total. The summed E-state index contributed by atoms with van der Waals surface area (Å²) >= 11 is 6.04. The lowest BCUT2D eigenvalue weighted by atomic mass is 10.2. The van der Waals surface area contributed by atoms with Gasteiger partial charge in [0.2, 0.25) is 0 Å². The van der Waals surface area contributed by atoms with Crippen LogP contribution < -0.4 is 14.8 Å². The van der Waals surface area contributed by atoms with E-state index < -0.39 is 6.10 Å². The maximum absolute atomic E-state index is 12.2. The van der Waals surface area contributed by atoms with Gasteiger partial charge in [-0.05, 0) is 43.7 Å². The molecule has 0 heterocycles. The first kappa shape index (κ1) is 16.2. The lowest BCUT2D eigenvalue weighted by Gasteiger charge is -2.16. The van der Waals surface area contributed by atoms with Gasteiger partial charge in [-0.25, -0.2) is 0 Å². The fourth-order valence-corrected chi connectivity index (χ4v) is 2.08. The Morgan fingerprint density at radius 3 is 2.59 bits per heavy atom. The SMILES string of the molecule is COc1cccc(O[C@@H](C)C(=O)Nc2cccc(Cl)c2C)c1. The molecule has 0 aliphatic heterocycles. The van der Waals surface area contributed by atoms with Gasteiger partial charge in [0.05, 0.1) is 7.11 Å². The zero-order valence-corrected chi connectivity index (χ0v) is 13.5. The van der Waals surface area contributed by atoms with Gasteiger partial charge in [0.1, 0.15) is 11.5 Å². The molecule has 0 fully saturated rings. The summed E-state index contributed by atoms with van der Waals surface area (Å²) in [6.45, 7) is 3.54. The van der Waals surface area contributed by atoms with Crippen LogP contribution in [-0.2, 0) is 4.79 Å². The van der Waals surface area contributed by atoms with Crippen molar-refractivity contribution in [1.29, 1.82) is 0 Å². The Kier molecular flexibility index (Phi) is 5.28. The summed E-state index contributed by atoms with van der Waals surface area (Å²) in [6, 6.07) is 12.5. The molecule has 4 nitrogen and oxygen atoms in total. The molecule has 2 rings (SSSR count). The number of carbonyl (C=O) groups is 1. The molecule has 116 valence electrons. The number of rotatable bonds is 5. The first-order valence-electron chi connectivity index (χ1n) is 6.88. The number of methoxy groups -OCH3 is 1. The van der Waals surface area contributed by atoms with Crippen molar-refractivity contribution in [3.8, 4) is 11.5 Å². The van der Waals surface area contributed by atoms with Crippen LogP contribution in [0.2, 0.25) is 5.02 Å². The minimum Gasteiger partial charge on any atom is -0.497 e. The largest absolute Gasteiger partial charge is 0.497 e. The second-order valence-corrected chi connectivity index (χ2v) is 5.25. The van der Waals surface area contributed by atoms with Crippen molar-refractivity contribution in [1.82, 2.24) is 0 Å². The van der Waals surface area contributed by atoms with Crippen LogP contribution in [0.25, 0.3) is 0 Å². The molecule has 0 saturated carbocycles. The predicted molar refractivity (Wildman–Crippen MR) is 87.9 cm³/mol. The Morgan fingerprint density at radius 2 is 1.86 bits per heavy atom. The molecule has 0 unspecified atom stereocenters. The quantitative estimate of drug-likeness (QED) is 0.904. The molecule has 0 aromatic heterocycles. The number of nitrogens with one attached hydrogen (secondary N) is 1. The summed E-state index contributed by atoms with van der Waals surface area (Å²) < 4.78 is 10.8. The van der Waals surface area contributed by atoms with Crippen LogP contribution in [0, 0.1) is 6.92 Å². The number of amides is 1. The standard InChI is InChI=1S/C17H18ClNO3/c1-11-15(18)8-5-9-16(11)19-17(20)12(2)22-14-7-4-6-13(10-14)21-3/h4-10,12H,1-3H3,(H,19,20)/t12-/m0/s1. The predicted octanol–water partition coefficient (Wildman–Crippen LogP) is 4.06. The molecule has 0 bridgehead atoms. The number of hydrogen-bond donors (Lipinski definition) is 1. The Labute approximate surface area is 135 Å². The topological polar surface area (TPSA) is 47.6 Å². The van der Waals surface area contributed by atoms with Crippen LogP contribution in [0.5, 0.6) is 11.5 Å². The number of hydrogen-bond acceptors (Lipinski definition) is 3. The van der Waals surface area contributed by atoms with E-state index in [1.807, 2.05) is 13.0 Å². The third-order valence-corrected chi connectivity index (χ3v) is 3.66. The van der Waals surface area contributed by atoms with Crippen molar-refractivity contribution in [2.75, 3.05) is 12.4 Å². The second-order valence-electron chi connectivity index (χ2n) is 4.84. The monoisotopic (exact) mass is 319 g/mol. The van der Waals surface area contributed by atoms with E-state index in [2.05, 4.69) is 5.32 Å². The van der Waals surface area contributed by atoms with Gasteiger partial charge in [0.25, 0.3) is 5.91 Å². The van der Waals surface area contributed by atoms with Gasteiger partial charge in [-0.3, -0.25) is 4.79 Å². The van der Waals surface area contributed by atoms with E-state index in [-0.39, 0.29) is 5.91 Å². The third kappa shape index (κ3) is 3.92. The van der Waals surface area contributed by atoms with Crippen LogP contribution in [0.4, 0.5) is 5.69 Å². The zero-order chi connectivity index (χ0) is 16.1. The van der Waals surface area contributed by atoms with E-state index in [0.717, 1.165) is 5.56 Å². The fourth-order valence-electron chi connectivity index (χ4n) is 1.91. The van der Waals surface area contributed by atoms with Gasteiger partial charge in [-0.1, -0.05) is 23.7 Å². The van der Waals surface area contributed by atoms with Crippen molar-refractivity contribution in [3.63, 3.8) is 0 Å². The van der Waals surface area contributed by atoms with Gasteiger partial charge in [0.15, 0.2) is 6.10 Å². The minimum atomic E-state index is -0.648. The minimum absolute atomic E-state index is 0.242. The first-order valence-corrected chi connectivity index (χ1v) is 7.25. The number of benzene rings is 2. The average Bonchev–Trinajstić information content (AvgIpc) is 2.52. The van der Waals surface area contributed by atoms with Crippen LogP contribution >= 0.6 is 11.6 Å². The Morgan fingerprint density at radius 1 is 1.18 bits per heavy atom. The highest BCUT2D eigenvalue weighted by Crippen LogP contribution is 2.24. The van der Waals surface area contributed by atoms with Crippen LogP contribution in [-0.4, -0.2) is 19.1 Å². The van der Waals surface area contributed by atoms with Crippen molar-refractivity contribution in [2.45, 2.75) is 20.0 Å². The van der Waals surface area contributed by atoms with E-state index in [4.69, 9.17) is 21.1 Å². The molecular formula is C17H18ClNO3. The van der Waals surface area contributed by atoms with E-state index in [0.29, 0.717) is 22.2 Å². The maximum Gasteiger partial charge on any atom is 0.265 e. The summed E-state index contributed by atoms with van der Waals surface area (Å²) in [7, 11) is 1.58. The van der Waals surface area contributed by atoms with Crippen LogP contribution in [0.15, 0.2) is 42.5 Å². The highest BCUT2D eigenvalue weighted by molar-refractivity contribution is 6.31. The molecule has 0 saturated heterocycles. The summed E-state index contributed by atoms with van der Waals surface area (Å²) in [5, 5.41) is 3.43. The number of ether oxygens (including phenoxy) is 2. The van der Waals surface area contributed by atoms with Gasteiger partial charge < -0.3 is 14.8 Å². The summed E-state index contributed by atoms with van der Waals surface area (Å²) in [6.07, 6.45) is -0.648. The molecule has 1 atom stereocenters. The zero-order valence-electron chi connectivity index (χ0n) is 12.7. The Balaban J connectivity index is 2.04. The summed E-state index contributed by atoms with van der Waals surface area (Å²) in [5.41, 5.74) is 1.50. The molecule has 2 aromatic rings. The van der Waals surface area contributed by atoms with E-state index >= 15 is 0 Å². The lowest BCUT2D eigenvalue weighted by Crippen LogP contribution is -2.30. The van der Waals surface area contributed by atoms with Crippen molar-refractivity contribution in [3.05, 3.63) is 53.1 Å². The Hall–Kier alpha value is -2.20. The fraction of sp³-hybridized carbons (Fsp3) is 0.235. The van der Waals surface area contributed by atoms with Gasteiger partial charge >= 0.3 is 0 Å². The van der Waals surface area contributed by atoms with E-state index in [1.165, 1.54) is 0 Å². The van der Waals surface area contributed by atoms with Crippen molar-refractivity contribution < 1.29 is 14.3 Å². The highest BCUT2D eigenvalue weighted by Gasteiger charge is 2.16. The molecule has 22 heavy (non-hydrogen) atoms. The summed E-state index contributed by atoms with van der Waals surface area (Å²) in [5.74, 6) is 1.01. The third-order valence-electron chi connectivity index (χ3n) is 3.25. The van der Waals surface area contributed by atoms with Crippen LogP contribution in [0.3, 0.4) is 0 Å². The van der Waals surface area contributed by atoms with Gasteiger partial charge in [-0.2, -0.15) is 0 Å². The first-order chi connectivity index (χ1) is 10.5. The molecule has 2 aromatic carbocycles. The van der Waals surface area contributed by atoms with Crippen molar-refractivity contribution in [2.24, 2.45) is 0 Å². The maximum atomic E-state index is 12.2. The van der Waals surface area contributed by atoms with E-state index in [1.54, 1.807) is 50.4 Å². The number of carbonyl (C=O) groups excluding carboxylic acids is 1. The number of anilines is 1. The van der Waals surface area contributed by atoms with Gasteiger partial charge in [-0.15, -0.1) is 0 Å². The molecule has 0 aliphatic rings. The number of halogens is 1. The normalized spacial score (nSPS) is 11.6. The molecule has 1 amide bonds. The van der Waals surface area contributed by atoms with Crippen molar-refractivity contribution >= 4 is 23.2 Å². The van der Waals surface area contributed by atoms with Gasteiger partial charge in [0, 0.05) is 16.8 Å². The van der Waals surface area contributed by atoms with Crippen LogP contribution in [0.1, 0.15) is 12.5 Å². The molecular weight excluding hydrogens is 302 g/mol. The highest BCUT2D eigenvalue weighted by atomic mass is 35.5. The second kappa shape index (κ2) is 7.18. The molecule has 5 heteroatoms. The molecule has 0 radical (unpaired) electrons. The molecule has 0 spiro atoms. The smallest absolute Gasteiger partial charge is 0.265 e.